The summed E-state index contributed by atoms with van der Waals surface area (Å²) in [6.07, 6.45) is 1.31. The van der Waals surface area contributed by atoms with Gasteiger partial charge in [-0.3, -0.25) is 10.1 Å². The number of sulfonamides is 2. The van der Waals surface area contributed by atoms with Gasteiger partial charge in [-0.1, -0.05) is 11.6 Å². The van der Waals surface area contributed by atoms with Crippen LogP contribution in [-0.4, -0.2) is 34.3 Å². The van der Waals surface area contributed by atoms with Gasteiger partial charge in [0, 0.05) is 12.1 Å². The lowest BCUT2D eigenvalue weighted by Crippen LogP contribution is -2.35. The van der Waals surface area contributed by atoms with Crippen LogP contribution in [0.5, 0.6) is 0 Å². The number of nitrogens with zero attached hydrogens (tertiary/aromatic N) is 2. The summed E-state index contributed by atoms with van der Waals surface area (Å²) < 4.78 is 46.2. The first-order valence-electron chi connectivity index (χ1n) is 4.59. The number of hydrogen-bond donors (Lipinski definition) is 0. The Bertz CT molecular complexity index is 696. The van der Waals surface area contributed by atoms with Gasteiger partial charge in [-0.2, -0.15) is 3.71 Å². The molecule has 11 heteroatoms. The average molecular weight is 329 g/mol. The first-order valence-corrected chi connectivity index (χ1v) is 8.66. The van der Waals surface area contributed by atoms with Crippen molar-refractivity contribution in [3.63, 3.8) is 0 Å². The second-order valence-corrected chi connectivity index (χ2v) is 7.92. The minimum atomic E-state index is -4.20. The third-order valence-corrected chi connectivity index (χ3v) is 5.48. The van der Waals surface area contributed by atoms with Crippen LogP contribution in [0.2, 0.25) is 5.02 Å². The molecule has 0 N–H and O–H groups in total. The van der Waals surface area contributed by atoms with Crippen LogP contribution < -0.4 is 3.71 Å². The molecule has 1 rings (SSSR count). The molecule has 0 aliphatic carbocycles. The maximum atomic E-state index is 11.5. The van der Waals surface area contributed by atoms with Gasteiger partial charge in [0.2, 0.25) is 20.0 Å². The van der Waals surface area contributed by atoms with Crippen LogP contribution in [0.15, 0.2) is 18.2 Å². The lowest BCUT2D eigenvalue weighted by Gasteiger charge is -2.20. The topological polar surface area (TPSA) is 115 Å². The zero-order chi connectivity index (χ0) is 15.0. The van der Waals surface area contributed by atoms with E-state index in [0.717, 1.165) is 18.2 Å². The van der Waals surface area contributed by atoms with Gasteiger partial charge in [0.15, 0.2) is 0 Å². The monoisotopic (exact) mass is 328 g/mol. The lowest BCUT2D eigenvalue weighted by atomic mass is 10.3. The molecule has 0 atom stereocenters. The van der Waals surface area contributed by atoms with Gasteiger partial charge in [-0.25, -0.2) is 16.8 Å². The Morgan fingerprint density at radius 1 is 1.16 bits per heavy atom. The summed E-state index contributed by atoms with van der Waals surface area (Å²) in [5.41, 5.74) is -0.961. The average Bonchev–Trinajstić information content (AvgIpc) is 2.16. The number of rotatable bonds is 4. The van der Waals surface area contributed by atoms with Crippen molar-refractivity contribution >= 4 is 43.0 Å². The number of nitro benzene ring substituents is 1. The van der Waals surface area contributed by atoms with E-state index in [9.17, 15) is 26.9 Å². The van der Waals surface area contributed by atoms with Crippen molar-refractivity contribution in [1.82, 2.24) is 0 Å². The Morgan fingerprint density at radius 3 is 2.00 bits per heavy atom. The third kappa shape index (κ3) is 3.55. The van der Waals surface area contributed by atoms with E-state index in [-0.39, 0.29) is 8.73 Å². The maximum Gasteiger partial charge on any atom is 0.271 e. The lowest BCUT2D eigenvalue weighted by molar-refractivity contribution is -0.384. The van der Waals surface area contributed by atoms with Crippen LogP contribution in [0.1, 0.15) is 0 Å². The fraction of sp³-hybridized carbons (Fsp3) is 0.250. The molecule has 0 unspecified atom stereocenters. The van der Waals surface area contributed by atoms with Gasteiger partial charge in [0.05, 0.1) is 28.1 Å². The molecular weight excluding hydrogens is 320 g/mol. The summed E-state index contributed by atoms with van der Waals surface area (Å²) >= 11 is 5.71. The summed E-state index contributed by atoms with van der Waals surface area (Å²) in [6.45, 7) is 0. The molecule has 0 aliphatic heterocycles. The first kappa shape index (κ1) is 15.7. The molecule has 8 nitrogen and oxygen atoms in total. The highest BCUT2D eigenvalue weighted by Gasteiger charge is 2.30. The molecule has 106 valence electrons. The predicted octanol–water partition coefficient (Wildman–Crippen LogP) is 0.974. The Balaban J connectivity index is 3.66. The van der Waals surface area contributed by atoms with E-state index >= 15 is 0 Å². The van der Waals surface area contributed by atoms with Gasteiger partial charge in [-0.05, 0) is 6.07 Å². The smallest absolute Gasteiger partial charge is 0.258 e. The van der Waals surface area contributed by atoms with E-state index < -0.39 is 36.3 Å². The fourth-order valence-corrected chi connectivity index (χ4v) is 4.64. The van der Waals surface area contributed by atoms with Crippen LogP contribution in [0.25, 0.3) is 0 Å². The maximum absolute atomic E-state index is 11.5. The molecule has 0 saturated heterocycles. The standard InChI is InChI=1S/C8H9ClN2O6S2/c1-18(14,15)11(19(2,16)17)8-5-6(10(12)13)3-4-7(8)9/h3-5H,1-2H3. The molecule has 0 aromatic heterocycles. The summed E-state index contributed by atoms with van der Waals surface area (Å²) in [6, 6.07) is 2.87. The van der Waals surface area contributed by atoms with Crippen LogP contribution in [0.4, 0.5) is 11.4 Å². The van der Waals surface area contributed by atoms with Crippen molar-refractivity contribution < 1.29 is 21.8 Å². The van der Waals surface area contributed by atoms with E-state index in [2.05, 4.69) is 0 Å². The molecule has 0 heterocycles. The van der Waals surface area contributed by atoms with E-state index in [1.54, 1.807) is 0 Å². The molecule has 0 saturated carbocycles. The number of hydrogen-bond acceptors (Lipinski definition) is 6. The number of nitro groups is 1. The normalized spacial score (nSPS) is 12.2. The van der Waals surface area contributed by atoms with Crippen molar-refractivity contribution in [2.45, 2.75) is 0 Å². The number of benzene rings is 1. The predicted molar refractivity (Wildman–Crippen MR) is 70.3 cm³/mol. The highest BCUT2D eigenvalue weighted by Crippen LogP contribution is 2.33. The van der Waals surface area contributed by atoms with Crippen molar-refractivity contribution in [1.29, 1.82) is 0 Å². The molecule has 0 spiro atoms. The van der Waals surface area contributed by atoms with Crippen molar-refractivity contribution in [2.75, 3.05) is 16.2 Å². The quantitative estimate of drug-likeness (QED) is 0.601. The molecule has 0 radical (unpaired) electrons. The zero-order valence-electron chi connectivity index (χ0n) is 9.77. The molecule has 1 aromatic carbocycles. The summed E-state index contributed by atoms with van der Waals surface area (Å²) in [7, 11) is -8.40. The number of non-ortho nitro benzene ring substituents is 1. The van der Waals surface area contributed by atoms with E-state index in [1.807, 2.05) is 0 Å². The van der Waals surface area contributed by atoms with Gasteiger partial charge in [0.1, 0.15) is 0 Å². The van der Waals surface area contributed by atoms with Gasteiger partial charge in [-0.15, -0.1) is 0 Å². The zero-order valence-corrected chi connectivity index (χ0v) is 12.2. The Kier molecular flexibility index (Phi) is 4.08. The molecule has 0 bridgehead atoms. The fourth-order valence-electron chi connectivity index (χ4n) is 1.36. The molecule has 0 aliphatic rings. The molecule has 1 aromatic rings. The Labute approximate surface area is 114 Å². The summed E-state index contributed by atoms with van der Waals surface area (Å²) in [5.74, 6) is 0. The minimum Gasteiger partial charge on any atom is -0.258 e. The van der Waals surface area contributed by atoms with E-state index in [0.29, 0.717) is 12.5 Å². The van der Waals surface area contributed by atoms with Crippen molar-refractivity contribution in [3.05, 3.63) is 33.3 Å². The number of anilines is 1. The van der Waals surface area contributed by atoms with E-state index in [4.69, 9.17) is 11.6 Å². The largest absolute Gasteiger partial charge is 0.271 e. The van der Waals surface area contributed by atoms with Crippen LogP contribution in [0, 0.1) is 10.1 Å². The van der Waals surface area contributed by atoms with Crippen LogP contribution >= 0.6 is 11.6 Å². The van der Waals surface area contributed by atoms with Crippen LogP contribution in [-0.2, 0) is 20.0 Å². The van der Waals surface area contributed by atoms with Crippen LogP contribution in [0.3, 0.4) is 0 Å². The highest BCUT2D eigenvalue weighted by atomic mass is 35.5. The Morgan fingerprint density at radius 2 is 1.63 bits per heavy atom. The second kappa shape index (κ2) is 4.94. The molecule has 19 heavy (non-hydrogen) atoms. The van der Waals surface area contributed by atoms with Gasteiger partial charge in [0.25, 0.3) is 5.69 Å². The Hall–Kier alpha value is -1.39. The van der Waals surface area contributed by atoms with E-state index in [1.165, 1.54) is 0 Å². The van der Waals surface area contributed by atoms with Gasteiger partial charge < -0.3 is 0 Å². The SMILES string of the molecule is CS(=O)(=O)N(c1cc([N+](=O)[O-])ccc1Cl)S(C)(=O)=O. The summed E-state index contributed by atoms with van der Waals surface area (Å²) in [4.78, 5) is 9.84. The van der Waals surface area contributed by atoms with Crippen molar-refractivity contribution in [3.8, 4) is 0 Å². The minimum absolute atomic E-state index is 0.0509. The number of halogens is 1. The molecule has 0 fully saturated rings. The van der Waals surface area contributed by atoms with Gasteiger partial charge >= 0.3 is 0 Å². The molecular formula is C8H9ClN2O6S2. The summed E-state index contributed by atoms with van der Waals surface area (Å²) in [5, 5.41) is 10.4. The third-order valence-electron chi connectivity index (χ3n) is 1.94. The first-order chi connectivity index (χ1) is 8.44. The highest BCUT2D eigenvalue weighted by molar-refractivity contribution is 8.09. The second-order valence-electron chi connectivity index (χ2n) is 3.62. The van der Waals surface area contributed by atoms with Crippen molar-refractivity contribution in [2.24, 2.45) is 0 Å². The molecule has 0 amide bonds.